The third-order valence-corrected chi connectivity index (χ3v) is 3.19. The lowest BCUT2D eigenvalue weighted by Crippen LogP contribution is -2.48. The summed E-state index contributed by atoms with van der Waals surface area (Å²) in [4.78, 5) is 22.0. The number of amides is 1. The summed E-state index contributed by atoms with van der Waals surface area (Å²) in [6.07, 6.45) is 0.364. The minimum absolute atomic E-state index is 0.0571. The van der Waals surface area contributed by atoms with Crippen LogP contribution in [0.25, 0.3) is 0 Å². The predicted molar refractivity (Wildman–Crippen MR) is 68.1 cm³/mol. The molecule has 6 heteroatoms. The fourth-order valence-electron chi connectivity index (χ4n) is 1.49. The molecule has 5 nitrogen and oxygen atoms in total. The van der Waals surface area contributed by atoms with Crippen molar-refractivity contribution in [1.82, 2.24) is 5.32 Å². The number of nitrogens with one attached hydrogen (secondary N) is 1. The fourth-order valence-corrected chi connectivity index (χ4v) is 1.49. The normalized spacial score (nSPS) is 13.8. The largest absolute Gasteiger partial charge is 0.480 e. The van der Waals surface area contributed by atoms with E-state index in [1.807, 2.05) is 0 Å². The van der Waals surface area contributed by atoms with Gasteiger partial charge in [-0.2, -0.15) is 0 Å². The zero-order chi connectivity index (χ0) is 14.6. The minimum Gasteiger partial charge on any atom is -0.480 e. The maximum Gasteiger partial charge on any atom is 0.323 e. The molecule has 0 heterocycles. The summed E-state index contributed by atoms with van der Waals surface area (Å²) in [5, 5.41) is 11.9. The molecule has 0 saturated heterocycles. The molecule has 1 atom stereocenters. The van der Waals surface area contributed by atoms with Crippen molar-refractivity contribution in [2.75, 3.05) is 0 Å². The highest BCUT2D eigenvalue weighted by atomic mass is 19.1. The number of rotatable bonds is 6. The number of aliphatic carboxylic acids is 1. The van der Waals surface area contributed by atoms with Crippen molar-refractivity contribution in [2.24, 2.45) is 5.73 Å². The van der Waals surface area contributed by atoms with Crippen molar-refractivity contribution in [3.63, 3.8) is 0 Å². The van der Waals surface area contributed by atoms with E-state index in [4.69, 9.17) is 10.8 Å². The zero-order valence-corrected chi connectivity index (χ0v) is 10.9. The average Bonchev–Trinajstić information content (AvgIpc) is 2.36. The SMILES string of the molecule is CCC(C)(NCc1ccc(C(N)=O)cc1F)C(=O)O. The topological polar surface area (TPSA) is 92.4 Å². The summed E-state index contributed by atoms with van der Waals surface area (Å²) < 4.78 is 13.7. The number of carbonyl (C=O) groups excluding carboxylic acids is 1. The highest BCUT2D eigenvalue weighted by Gasteiger charge is 2.30. The van der Waals surface area contributed by atoms with Crippen molar-refractivity contribution in [3.05, 3.63) is 35.1 Å². The number of carbonyl (C=O) groups is 2. The molecule has 1 aromatic rings. The number of primary amides is 1. The summed E-state index contributed by atoms with van der Waals surface area (Å²) in [7, 11) is 0. The molecule has 0 fully saturated rings. The molecular weight excluding hydrogens is 251 g/mol. The molecular formula is C13H17FN2O3. The van der Waals surface area contributed by atoms with E-state index in [0.717, 1.165) is 6.07 Å². The number of hydrogen-bond donors (Lipinski definition) is 3. The first-order valence-electron chi connectivity index (χ1n) is 5.87. The molecule has 0 aromatic heterocycles. The minimum atomic E-state index is -1.12. The molecule has 0 bridgehead atoms. The van der Waals surface area contributed by atoms with Crippen LogP contribution in [-0.2, 0) is 11.3 Å². The molecule has 0 aliphatic heterocycles. The van der Waals surface area contributed by atoms with Gasteiger partial charge in [-0.05, 0) is 25.5 Å². The van der Waals surface area contributed by atoms with Gasteiger partial charge in [0.15, 0.2) is 0 Å². The van der Waals surface area contributed by atoms with E-state index < -0.39 is 23.2 Å². The molecule has 104 valence electrons. The molecule has 4 N–H and O–H groups in total. The number of carboxylic acid groups (broad SMARTS) is 1. The standard InChI is InChI=1S/C13H17FN2O3/c1-3-13(2,12(18)19)16-7-9-5-4-8(11(15)17)6-10(9)14/h4-6,16H,3,7H2,1-2H3,(H2,15,17)(H,18,19). The monoisotopic (exact) mass is 268 g/mol. The van der Waals surface area contributed by atoms with Gasteiger partial charge in [0.05, 0.1) is 0 Å². The summed E-state index contributed by atoms with van der Waals surface area (Å²) in [5.74, 6) is -2.29. The van der Waals surface area contributed by atoms with E-state index in [-0.39, 0.29) is 17.7 Å². The molecule has 1 unspecified atom stereocenters. The van der Waals surface area contributed by atoms with E-state index in [0.29, 0.717) is 6.42 Å². The Bertz CT molecular complexity index is 505. The van der Waals surface area contributed by atoms with Crippen LogP contribution in [0.1, 0.15) is 36.2 Å². The lowest BCUT2D eigenvalue weighted by molar-refractivity contribution is -0.144. The summed E-state index contributed by atoms with van der Waals surface area (Å²) >= 11 is 0. The number of carboxylic acids is 1. The second kappa shape index (κ2) is 5.79. The molecule has 1 rings (SSSR count). The number of halogens is 1. The van der Waals surface area contributed by atoms with Crippen LogP contribution in [0.2, 0.25) is 0 Å². The van der Waals surface area contributed by atoms with Crippen LogP contribution in [0.4, 0.5) is 4.39 Å². The van der Waals surface area contributed by atoms with Gasteiger partial charge in [0, 0.05) is 17.7 Å². The fraction of sp³-hybridized carbons (Fsp3) is 0.385. The number of nitrogens with two attached hydrogens (primary N) is 1. The summed E-state index contributed by atoms with van der Waals surface area (Å²) in [5.41, 5.74) is 4.29. The maximum absolute atomic E-state index is 13.7. The Morgan fingerprint density at radius 3 is 2.53 bits per heavy atom. The molecule has 0 saturated carbocycles. The lowest BCUT2D eigenvalue weighted by Gasteiger charge is -2.24. The lowest BCUT2D eigenvalue weighted by atomic mass is 9.98. The molecule has 0 radical (unpaired) electrons. The number of benzene rings is 1. The Kier molecular flexibility index (Phi) is 4.61. The van der Waals surface area contributed by atoms with E-state index in [9.17, 15) is 14.0 Å². The third kappa shape index (κ3) is 3.51. The second-order valence-corrected chi connectivity index (χ2v) is 4.51. The Morgan fingerprint density at radius 1 is 1.47 bits per heavy atom. The second-order valence-electron chi connectivity index (χ2n) is 4.51. The van der Waals surface area contributed by atoms with Crippen molar-refractivity contribution in [3.8, 4) is 0 Å². The molecule has 0 aliphatic rings. The first-order valence-corrected chi connectivity index (χ1v) is 5.87. The van der Waals surface area contributed by atoms with Gasteiger partial charge in [0.1, 0.15) is 11.4 Å². The first-order chi connectivity index (χ1) is 8.80. The van der Waals surface area contributed by atoms with Gasteiger partial charge >= 0.3 is 5.97 Å². The Hall–Kier alpha value is -1.95. The molecule has 1 aromatic carbocycles. The van der Waals surface area contributed by atoms with Gasteiger partial charge in [-0.15, -0.1) is 0 Å². The molecule has 0 spiro atoms. The van der Waals surface area contributed by atoms with Gasteiger partial charge < -0.3 is 10.8 Å². The van der Waals surface area contributed by atoms with Crippen molar-refractivity contribution < 1.29 is 19.1 Å². The number of hydrogen-bond acceptors (Lipinski definition) is 3. The zero-order valence-electron chi connectivity index (χ0n) is 10.9. The molecule has 1 amide bonds. The van der Waals surface area contributed by atoms with E-state index in [1.54, 1.807) is 6.92 Å². The van der Waals surface area contributed by atoms with E-state index >= 15 is 0 Å². The third-order valence-electron chi connectivity index (χ3n) is 3.19. The predicted octanol–water partition coefficient (Wildman–Crippen LogP) is 1.27. The quantitative estimate of drug-likeness (QED) is 0.724. The van der Waals surface area contributed by atoms with Crippen molar-refractivity contribution in [2.45, 2.75) is 32.4 Å². The highest BCUT2D eigenvalue weighted by molar-refractivity contribution is 5.92. The first kappa shape index (κ1) is 15.1. The van der Waals surface area contributed by atoms with Crippen LogP contribution in [0.5, 0.6) is 0 Å². The van der Waals surface area contributed by atoms with Crippen LogP contribution >= 0.6 is 0 Å². The highest BCUT2D eigenvalue weighted by Crippen LogP contribution is 2.14. The van der Waals surface area contributed by atoms with Gasteiger partial charge in [0.2, 0.25) is 5.91 Å². The van der Waals surface area contributed by atoms with Crippen molar-refractivity contribution in [1.29, 1.82) is 0 Å². The van der Waals surface area contributed by atoms with Gasteiger partial charge in [0.25, 0.3) is 0 Å². The van der Waals surface area contributed by atoms with Gasteiger partial charge in [-0.25, -0.2) is 4.39 Å². The van der Waals surface area contributed by atoms with Crippen LogP contribution in [0.15, 0.2) is 18.2 Å². The Balaban J connectivity index is 2.84. The van der Waals surface area contributed by atoms with E-state index in [1.165, 1.54) is 19.1 Å². The van der Waals surface area contributed by atoms with Gasteiger partial charge in [-0.1, -0.05) is 13.0 Å². The van der Waals surface area contributed by atoms with Crippen LogP contribution in [0.3, 0.4) is 0 Å². The van der Waals surface area contributed by atoms with Crippen molar-refractivity contribution >= 4 is 11.9 Å². The molecule has 19 heavy (non-hydrogen) atoms. The van der Waals surface area contributed by atoms with Crippen LogP contribution in [0, 0.1) is 5.82 Å². The summed E-state index contributed by atoms with van der Waals surface area (Å²) in [6, 6.07) is 3.87. The Morgan fingerprint density at radius 2 is 2.11 bits per heavy atom. The maximum atomic E-state index is 13.7. The van der Waals surface area contributed by atoms with Crippen LogP contribution < -0.4 is 11.1 Å². The molecule has 0 aliphatic carbocycles. The smallest absolute Gasteiger partial charge is 0.323 e. The average molecular weight is 268 g/mol. The van der Waals surface area contributed by atoms with Crippen LogP contribution in [-0.4, -0.2) is 22.5 Å². The van der Waals surface area contributed by atoms with E-state index in [2.05, 4.69) is 5.32 Å². The van der Waals surface area contributed by atoms with Gasteiger partial charge in [-0.3, -0.25) is 14.9 Å². The summed E-state index contributed by atoms with van der Waals surface area (Å²) in [6.45, 7) is 3.32. The Labute approximate surface area is 110 Å².